The summed E-state index contributed by atoms with van der Waals surface area (Å²) in [7, 11) is 3.12. The van der Waals surface area contributed by atoms with Gasteiger partial charge in [-0.3, -0.25) is 10.2 Å². The highest BCUT2D eigenvalue weighted by atomic mass is 16.5. The minimum absolute atomic E-state index is 0.00651. The third-order valence-electron chi connectivity index (χ3n) is 4.58. The molecular formula is C22H30N4O3. The van der Waals surface area contributed by atoms with E-state index in [-0.39, 0.29) is 11.7 Å². The van der Waals surface area contributed by atoms with Crippen LogP contribution < -0.4 is 25.8 Å². The summed E-state index contributed by atoms with van der Waals surface area (Å²) in [6.07, 6.45) is 0. The van der Waals surface area contributed by atoms with Crippen LogP contribution in [0.4, 0.5) is 5.69 Å². The van der Waals surface area contributed by atoms with E-state index in [9.17, 15) is 4.79 Å². The van der Waals surface area contributed by atoms with E-state index in [4.69, 9.17) is 20.6 Å². The van der Waals surface area contributed by atoms with Crippen molar-refractivity contribution in [2.45, 2.75) is 27.3 Å². The van der Waals surface area contributed by atoms with Crippen molar-refractivity contribution in [1.82, 2.24) is 5.32 Å². The van der Waals surface area contributed by atoms with Gasteiger partial charge in [-0.2, -0.15) is 0 Å². The minimum Gasteiger partial charge on any atom is -0.496 e. The minimum atomic E-state index is -0.230. The molecule has 0 aliphatic carbocycles. The van der Waals surface area contributed by atoms with Crippen LogP contribution in [0.3, 0.4) is 0 Å². The van der Waals surface area contributed by atoms with E-state index in [1.807, 2.05) is 19.1 Å². The maximum Gasteiger partial charge on any atom is 0.251 e. The Morgan fingerprint density at radius 2 is 1.72 bits per heavy atom. The largest absolute Gasteiger partial charge is 0.496 e. The van der Waals surface area contributed by atoms with Crippen molar-refractivity contribution in [3.63, 3.8) is 0 Å². The topological polar surface area (TPSA) is 109 Å². The van der Waals surface area contributed by atoms with Crippen molar-refractivity contribution < 1.29 is 14.3 Å². The standard InChI is InChI=1S/C22H30N4O3/c1-13(2)11-25-18-8-15(21(23)24)6-7-16(18)12-26-22(27)17-9-19(28-4)14(3)20(10-17)29-5/h6-10,13,25H,11-12H2,1-5H3,(H3,23,24)(H,26,27). The highest BCUT2D eigenvalue weighted by molar-refractivity contribution is 5.96. The number of hydrogen-bond donors (Lipinski definition) is 4. The molecular weight excluding hydrogens is 368 g/mol. The van der Waals surface area contributed by atoms with Crippen molar-refractivity contribution in [2.75, 3.05) is 26.1 Å². The van der Waals surface area contributed by atoms with Gasteiger partial charge in [0, 0.05) is 35.5 Å². The predicted molar refractivity (Wildman–Crippen MR) is 116 cm³/mol. The summed E-state index contributed by atoms with van der Waals surface area (Å²) >= 11 is 0. The van der Waals surface area contributed by atoms with Gasteiger partial charge in [-0.1, -0.05) is 26.0 Å². The van der Waals surface area contributed by atoms with Gasteiger partial charge >= 0.3 is 0 Å². The number of carbonyl (C=O) groups excluding carboxylic acids is 1. The van der Waals surface area contributed by atoms with Crippen molar-refractivity contribution in [3.05, 3.63) is 52.6 Å². The van der Waals surface area contributed by atoms with Crippen LogP contribution >= 0.6 is 0 Å². The molecule has 0 spiro atoms. The Kier molecular flexibility index (Phi) is 7.47. The fraction of sp³-hybridized carbons (Fsp3) is 0.364. The summed E-state index contributed by atoms with van der Waals surface area (Å²) in [4.78, 5) is 12.7. The molecule has 156 valence electrons. The molecule has 0 aromatic heterocycles. The molecule has 2 aromatic rings. The molecule has 0 aliphatic rings. The molecule has 2 rings (SSSR count). The second-order valence-corrected chi connectivity index (χ2v) is 7.25. The lowest BCUT2D eigenvalue weighted by Gasteiger charge is -2.16. The molecule has 7 heteroatoms. The molecule has 5 N–H and O–H groups in total. The summed E-state index contributed by atoms with van der Waals surface area (Å²) < 4.78 is 10.7. The van der Waals surface area contributed by atoms with Crippen molar-refractivity contribution in [2.24, 2.45) is 11.7 Å². The van der Waals surface area contributed by atoms with Crippen LogP contribution in [0.1, 0.15) is 40.9 Å². The van der Waals surface area contributed by atoms with Crippen LogP contribution in [0.15, 0.2) is 30.3 Å². The van der Waals surface area contributed by atoms with Crippen molar-refractivity contribution in [3.8, 4) is 11.5 Å². The number of nitrogens with one attached hydrogen (secondary N) is 3. The Morgan fingerprint density at radius 1 is 1.10 bits per heavy atom. The van der Waals surface area contributed by atoms with Gasteiger partial charge in [0.1, 0.15) is 17.3 Å². The molecule has 7 nitrogen and oxygen atoms in total. The number of amidine groups is 1. The number of rotatable bonds is 9. The number of methoxy groups -OCH3 is 2. The summed E-state index contributed by atoms with van der Waals surface area (Å²) in [5, 5.41) is 14.0. The first-order chi connectivity index (χ1) is 13.8. The normalized spacial score (nSPS) is 10.6. The number of nitrogen functional groups attached to an aromatic ring is 1. The van der Waals surface area contributed by atoms with E-state index >= 15 is 0 Å². The number of carbonyl (C=O) groups is 1. The lowest BCUT2D eigenvalue weighted by Crippen LogP contribution is -2.24. The van der Waals surface area contributed by atoms with Crippen LogP contribution in [0.2, 0.25) is 0 Å². The van der Waals surface area contributed by atoms with E-state index in [1.165, 1.54) is 0 Å². The quantitative estimate of drug-likeness (QED) is 0.383. The third kappa shape index (κ3) is 5.63. The summed E-state index contributed by atoms with van der Waals surface area (Å²) in [5.41, 5.74) is 9.32. The molecule has 2 aromatic carbocycles. The van der Waals surface area contributed by atoms with Gasteiger partial charge < -0.3 is 25.8 Å². The molecule has 0 bridgehead atoms. The van der Waals surface area contributed by atoms with Gasteiger partial charge in [-0.05, 0) is 36.6 Å². The summed E-state index contributed by atoms with van der Waals surface area (Å²) in [6, 6.07) is 8.89. The number of hydrogen-bond acceptors (Lipinski definition) is 5. The van der Waals surface area contributed by atoms with Gasteiger partial charge in [0.25, 0.3) is 5.91 Å². The van der Waals surface area contributed by atoms with Crippen LogP contribution in [-0.2, 0) is 6.54 Å². The number of anilines is 1. The zero-order valence-electron chi connectivity index (χ0n) is 17.7. The maximum atomic E-state index is 12.7. The van der Waals surface area contributed by atoms with Crippen LogP contribution in [0, 0.1) is 18.3 Å². The molecule has 0 saturated carbocycles. The Bertz CT molecular complexity index is 869. The lowest BCUT2D eigenvalue weighted by molar-refractivity contribution is 0.0950. The van der Waals surface area contributed by atoms with E-state index in [1.54, 1.807) is 32.4 Å². The zero-order valence-corrected chi connectivity index (χ0v) is 17.7. The molecule has 0 fully saturated rings. The number of amides is 1. The fourth-order valence-electron chi connectivity index (χ4n) is 2.87. The Balaban J connectivity index is 2.22. The van der Waals surface area contributed by atoms with E-state index < -0.39 is 0 Å². The van der Waals surface area contributed by atoms with Crippen LogP contribution in [0.25, 0.3) is 0 Å². The second-order valence-electron chi connectivity index (χ2n) is 7.25. The first kappa shape index (κ1) is 22.1. The smallest absolute Gasteiger partial charge is 0.251 e. The number of benzene rings is 2. The molecule has 0 aliphatic heterocycles. The highest BCUT2D eigenvalue weighted by Gasteiger charge is 2.14. The fourth-order valence-corrected chi connectivity index (χ4v) is 2.87. The van der Waals surface area contributed by atoms with E-state index in [2.05, 4.69) is 24.5 Å². The number of ether oxygens (including phenoxy) is 2. The van der Waals surface area contributed by atoms with Gasteiger partial charge in [0.15, 0.2) is 0 Å². The Morgan fingerprint density at radius 3 is 2.24 bits per heavy atom. The van der Waals surface area contributed by atoms with Gasteiger partial charge in [-0.25, -0.2) is 0 Å². The van der Waals surface area contributed by atoms with E-state index in [0.717, 1.165) is 23.4 Å². The van der Waals surface area contributed by atoms with Crippen LogP contribution in [-0.4, -0.2) is 32.5 Å². The second kappa shape index (κ2) is 9.82. The molecule has 0 unspecified atom stereocenters. The lowest BCUT2D eigenvalue weighted by atomic mass is 10.1. The van der Waals surface area contributed by atoms with Crippen LogP contribution in [0.5, 0.6) is 11.5 Å². The predicted octanol–water partition coefficient (Wildman–Crippen LogP) is 3.29. The summed E-state index contributed by atoms with van der Waals surface area (Å²) in [6.45, 7) is 7.20. The summed E-state index contributed by atoms with van der Waals surface area (Å²) in [5.74, 6) is 1.42. The average molecular weight is 399 g/mol. The average Bonchev–Trinajstić information content (AvgIpc) is 2.70. The first-order valence-electron chi connectivity index (χ1n) is 9.48. The van der Waals surface area contributed by atoms with Gasteiger partial charge in [0.05, 0.1) is 14.2 Å². The molecule has 29 heavy (non-hydrogen) atoms. The molecule has 0 saturated heterocycles. The Hall–Kier alpha value is -3.22. The van der Waals surface area contributed by atoms with Crippen molar-refractivity contribution >= 4 is 17.4 Å². The molecule has 0 heterocycles. The molecule has 1 amide bonds. The SMILES string of the molecule is COc1cc(C(=O)NCc2ccc(C(=N)N)cc2NCC(C)C)cc(OC)c1C. The molecule has 0 atom stereocenters. The van der Waals surface area contributed by atoms with Gasteiger partial charge in [-0.15, -0.1) is 0 Å². The van der Waals surface area contributed by atoms with E-state index in [0.29, 0.717) is 35.1 Å². The van der Waals surface area contributed by atoms with Crippen molar-refractivity contribution in [1.29, 1.82) is 5.41 Å². The highest BCUT2D eigenvalue weighted by Crippen LogP contribution is 2.29. The monoisotopic (exact) mass is 398 g/mol. The maximum absolute atomic E-state index is 12.7. The van der Waals surface area contributed by atoms with Gasteiger partial charge in [0.2, 0.25) is 0 Å². The Labute approximate surface area is 172 Å². The molecule has 0 radical (unpaired) electrons. The number of nitrogens with two attached hydrogens (primary N) is 1. The zero-order chi connectivity index (χ0) is 21.6. The first-order valence-corrected chi connectivity index (χ1v) is 9.48. The third-order valence-corrected chi connectivity index (χ3v) is 4.58.